The van der Waals surface area contributed by atoms with E-state index in [1.165, 1.54) is 6.42 Å². The summed E-state index contributed by atoms with van der Waals surface area (Å²) in [6.07, 6.45) is 4.79. The number of hydrogen-bond donors (Lipinski definition) is 0. The first-order chi connectivity index (χ1) is 7.69. The van der Waals surface area contributed by atoms with Gasteiger partial charge in [-0.25, -0.2) is 9.97 Å². The van der Waals surface area contributed by atoms with E-state index in [-0.39, 0.29) is 0 Å². The van der Waals surface area contributed by atoms with E-state index in [1.54, 1.807) is 18.1 Å². The van der Waals surface area contributed by atoms with Crippen LogP contribution in [0.25, 0.3) is 0 Å². The average molecular weight is 259 g/mol. The van der Waals surface area contributed by atoms with Gasteiger partial charge in [-0.05, 0) is 12.3 Å². The van der Waals surface area contributed by atoms with Gasteiger partial charge in [-0.15, -0.1) is 11.8 Å². The molecule has 0 aliphatic carbocycles. The lowest BCUT2D eigenvalue weighted by Gasteiger charge is -2.11. The lowest BCUT2D eigenvalue weighted by atomic mass is 10.2. The zero-order chi connectivity index (χ0) is 12.0. The first-order valence-corrected chi connectivity index (χ1v) is 7.17. The van der Waals surface area contributed by atoms with Crippen molar-refractivity contribution >= 4 is 23.4 Å². The molecule has 0 radical (unpaired) electrons. The van der Waals surface area contributed by atoms with E-state index in [0.717, 1.165) is 29.2 Å². The Morgan fingerprint density at radius 1 is 1.38 bits per heavy atom. The largest absolute Gasteiger partial charge is 0.230 e. The maximum absolute atomic E-state index is 6.09. The molecule has 2 nitrogen and oxygen atoms in total. The van der Waals surface area contributed by atoms with Gasteiger partial charge in [0.1, 0.15) is 16.5 Å². The van der Waals surface area contributed by atoms with Crippen molar-refractivity contribution in [3.8, 4) is 0 Å². The Bertz CT molecular complexity index is 331. The van der Waals surface area contributed by atoms with Crippen molar-refractivity contribution in [3.05, 3.63) is 17.0 Å². The van der Waals surface area contributed by atoms with Gasteiger partial charge in [-0.3, -0.25) is 0 Å². The van der Waals surface area contributed by atoms with Crippen molar-refractivity contribution in [2.24, 2.45) is 5.92 Å². The molecule has 1 unspecified atom stereocenters. The number of rotatable bonds is 6. The van der Waals surface area contributed by atoms with Crippen molar-refractivity contribution in [2.75, 3.05) is 5.75 Å². The third-order valence-electron chi connectivity index (χ3n) is 2.55. The van der Waals surface area contributed by atoms with E-state index in [4.69, 9.17) is 11.6 Å². The van der Waals surface area contributed by atoms with Crippen LogP contribution in [0.2, 0.25) is 5.15 Å². The molecule has 16 heavy (non-hydrogen) atoms. The molecular formula is C12H19ClN2S. The molecule has 0 aromatic carbocycles. The fourth-order valence-corrected chi connectivity index (χ4v) is 2.76. The number of nitrogens with zero attached hydrogens (tertiary/aromatic N) is 2. The Labute approximate surface area is 107 Å². The Balaban J connectivity index is 2.74. The lowest BCUT2D eigenvalue weighted by molar-refractivity contribution is 0.636. The Kier molecular flexibility index (Phi) is 6.14. The standard InChI is InChI=1S/C12H19ClN2S/c1-4-6-10-11(13)14-8-15-12(10)16-7-9(3)5-2/h8-9H,4-7H2,1-3H3. The minimum atomic E-state index is 0.614. The van der Waals surface area contributed by atoms with Crippen LogP contribution < -0.4 is 0 Å². The summed E-state index contributed by atoms with van der Waals surface area (Å²) in [6.45, 7) is 6.62. The molecule has 1 rings (SSSR count). The molecule has 0 aliphatic rings. The van der Waals surface area contributed by atoms with E-state index in [9.17, 15) is 0 Å². The van der Waals surface area contributed by atoms with E-state index in [2.05, 4.69) is 30.7 Å². The quantitative estimate of drug-likeness (QED) is 0.564. The molecule has 4 heteroatoms. The van der Waals surface area contributed by atoms with Crippen molar-refractivity contribution in [1.82, 2.24) is 9.97 Å². The van der Waals surface area contributed by atoms with Gasteiger partial charge in [0.05, 0.1) is 0 Å². The summed E-state index contributed by atoms with van der Waals surface area (Å²) in [5, 5.41) is 1.67. The normalized spacial score (nSPS) is 12.8. The van der Waals surface area contributed by atoms with E-state index in [0.29, 0.717) is 11.1 Å². The van der Waals surface area contributed by atoms with Crippen molar-refractivity contribution in [3.63, 3.8) is 0 Å². The first-order valence-electron chi connectivity index (χ1n) is 5.81. The minimum absolute atomic E-state index is 0.614. The fraction of sp³-hybridized carbons (Fsp3) is 0.667. The zero-order valence-corrected chi connectivity index (χ0v) is 11.7. The molecule has 1 aromatic heterocycles. The Hall–Kier alpha value is -0.280. The summed E-state index contributed by atoms with van der Waals surface area (Å²) < 4.78 is 0. The smallest absolute Gasteiger partial charge is 0.136 e. The first kappa shape index (κ1) is 13.8. The van der Waals surface area contributed by atoms with Crippen molar-refractivity contribution in [1.29, 1.82) is 0 Å². The Morgan fingerprint density at radius 2 is 2.12 bits per heavy atom. The Morgan fingerprint density at radius 3 is 2.75 bits per heavy atom. The van der Waals surface area contributed by atoms with E-state index < -0.39 is 0 Å². The number of thioether (sulfide) groups is 1. The summed E-state index contributed by atoms with van der Waals surface area (Å²) in [4.78, 5) is 8.38. The van der Waals surface area contributed by atoms with Gasteiger partial charge in [0.25, 0.3) is 0 Å². The van der Waals surface area contributed by atoms with Gasteiger partial charge in [-0.1, -0.05) is 45.2 Å². The summed E-state index contributed by atoms with van der Waals surface area (Å²) in [6, 6.07) is 0. The summed E-state index contributed by atoms with van der Waals surface area (Å²) >= 11 is 7.89. The van der Waals surface area contributed by atoms with Crippen LogP contribution in [-0.2, 0) is 6.42 Å². The van der Waals surface area contributed by atoms with Crippen LogP contribution in [0, 0.1) is 5.92 Å². The SMILES string of the molecule is CCCc1c(Cl)ncnc1SCC(C)CC. The molecule has 0 saturated carbocycles. The van der Waals surface area contributed by atoms with Crippen LogP contribution in [0.4, 0.5) is 0 Å². The van der Waals surface area contributed by atoms with Crippen LogP contribution in [0.5, 0.6) is 0 Å². The molecule has 0 bridgehead atoms. The average Bonchev–Trinajstić information content (AvgIpc) is 2.29. The number of aromatic nitrogens is 2. The van der Waals surface area contributed by atoms with Crippen LogP contribution >= 0.6 is 23.4 Å². The van der Waals surface area contributed by atoms with Crippen molar-refractivity contribution in [2.45, 2.75) is 45.1 Å². The second kappa shape index (κ2) is 7.13. The molecule has 0 saturated heterocycles. The highest BCUT2D eigenvalue weighted by Crippen LogP contribution is 2.27. The lowest BCUT2D eigenvalue weighted by Crippen LogP contribution is -2.00. The van der Waals surface area contributed by atoms with E-state index in [1.807, 2.05) is 0 Å². The van der Waals surface area contributed by atoms with E-state index >= 15 is 0 Å². The van der Waals surface area contributed by atoms with Gasteiger partial charge in [-0.2, -0.15) is 0 Å². The number of hydrogen-bond acceptors (Lipinski definition) is 3. The molecule has 0 amide bonds. The van der Waals surface area contributed by atoms with Gasteiger partial charge in [0.2, 0.25) is 0 Å². The highest BCUT2D eigenvalue weighted by atomic mass is 35.5. The summed E-state index contributed by atoms with van der Waals surface area (Å²) in [7, 11) is 0. The van der Waals surface area contributed by atoms with Crippen molar-refractivity contribution < 1.29 is 0 Å². The fourth-order valence-electron chi connectivity index (χ4n) is 1.30. The topological polar surface area (TPSA) is 25.8 Å². The predicted octanol–water partition coefficient (Wildman–Crippen LogP) is 4.22. The zero-order valence-electron chi connectivity index (χ0n) is 10.2. The maximum atomic E-state index is 6.09. The summed E-state index contributed by atoms with van der Waals surface area (Å²) in [5.74, 6) is 1.81. The number of halogens is 1. The molecular weight excluding hydrogens is 240 g/mol. The van der Waals surface area contributed by atoms with Gasteiger partial charge in [0, 0.05) is 11.3 Å². The highest BCUT2D eigenvalue weighted by Gasteiger charge is 2.10. The summed E-state index contributed by atoms with van der Waals surface area (Å²) in [5.41, 5.74) is 1.11. The third-order valence-corrected chi connectivity index (χ3v) is 4.24. The molecule has 0 spiro atoms. The third kappa shape index (κ3) is 3.95. The minimum Gasteiger partial charge on any atom is -0.230 e. The molecule has 0 N–H and O–H groups in total. The van der Waals surface area contributed by atoms with Crippen LogP contribution in [0.15, 0.2) is 11.4 Å². The van der Waals surface area contributed by atoms with Crippen LogP contribution in [0.3, 0.4) is 0 Å². The second-order valence-electron chi connectivity index (χ2n) is 4.02. The molecule has 1 heterocycles. The van der Waals surface area contributed by atoms with Gasteiger partial charge >= 0.3 is 0 Å². The molecule has 0 aliphatic heterocycles. The predicted molar refractivity (Wildman–Crippen MR) is 71.2 cm³/mol. The maximum Gasteiger partial charge on any atom is 0.136 e. The molecule has 90 valence electrons. The highest BCUT2D eigenvalue weighted by molar-refractivity contribution is 7.99. The van der Waals surface area contributed by atoms with Gasteiger partial charge < -0.3 is 0 Å². The monoisotopic (exact) mass is 258 g/mol. The molecule has 1 aromatic rings. The van der Waals surface area contributed by atoms with Crippen LogP contribution in [-0.4, -0.2) is 15.7 Å². The van der Waals surface area contributed by atoms with Gasteiger partial charge in [0.15, 0.2) is 0 Å². The second-order valence-corrected chi connectivity index (χ2v) is 5.39. The van der Waals surface area contributed by atoms with Crippen LogP contribution in [0.1, 0.15) is 39.2 Å². The molecule has 1 atom stereocenters. The molecule has 0 fully saturated rings.